The van der Waals surface area contributed by atoms with E-state index < -0.39 is 0 Å². The monoisotopic (exact) mass is 478 g/mol. The summed E-state index contributed by atoms with van der Waals surface area (Å²) in [4.78, 5) is 45.6. The lowest BCUT2D eigenvalue weighted by Crippen LogP contribution is -2.42. The number of nitrogens with zero attached hydrogens (tertiary/aromatic N) is 3. The van der Waals surface area contributed by atoms with Gasteiger partial charge in [-0.25, -0.2) is 4.98 Å². The Labute approximate surface area is 198 Å². The fourth-order valence-electron chi connectivity index (χ4n) is 4.00. The lowest BCUT2D eigenvalue weighted by atomic mass is 10.1. The molecule has 0 spiro atoms. The van der Waals surface area contributed by atoms with Crippen LogP contribution in [0.2, 0.25) is 5.02 Å². The van der Waals surface area contributed by atoms with Crippen LogP contribution < -0.4 is 15.8 Å². The summed E-state index contributed by atoms with van der Waals surface area (Å²) in [7, 11) is 0. The second-order valence-corrected chi connectivity index (χ2v) is 9.38. The molecule has 166 valence electrons. The number of aromatic nitrogens is 2. The molecule has 0 radical (unpaired) electrons. The molecule has 0 saturated heterocycles. The van der Waals surface area contributed by atoms with E-state index in [-0.39, 0.29) is 36.4 Å². The van der Waals surface area contributed by atoms with Crippen LogP contribution in [0.25, 0.3) is 20.7 Å². The lowest BCUT2D eigenvalue weighted by molar-refractivity contribution is -0.120. The molecule has 2 aromatic carbocycles. The Morgan fingerprint density at radius 1 is 1.18 bits per heavy atom. The minimum absolute atomic E-state index is 0.154. The van der Waals surface area contributed by atoms with Gasteiger partial charge in [-0.3, -0.25) is 19.0 Å². The molecule has 0 aliphatic carbocycles. The number of amides is 2. The minimum Gasteiger partial charge on any atom is -0.324 e. The summed E-state index contributed by atoms with van der Waals surface area (Å²) in [6, 6.07) is 16.0. The first-order chi connectivity index (χ1) is 15.9. The highest BCUT2D eigenvalue weighted by molar-refractivity contribution is 7.22. The first-order valence-electron chi connectivity index (χ1n) is 10.4. The number of anilines is 2. The molecule has 3 heterocycles. The van der Waals surface area contributed by atoms with E-state index in [0.717, 1.165) is 10.4 Å². The van der Waals surface area contributed by atoms with Crippen LogP contribution in [0.15, 0.2) is 65.7 Å². The Balaban J connectivity index is 1.48. The summed E-state index contributed by atoms with van der Waals surface area (Å²) in [5.74, 6) is -0.442. The predicted molar refractivity (Wildman–Crippen MR) is 131 cm³/mol. The molecule has 9 heteroatoms. The molecule has 0 fully saturated rings. The third-order valence-corrected chi connectivity index (χ3v) is 6.98. The number of thiophene rings is 1. The lowest BCUT2D eigenvalue weighted by Gasteiger charge is -2.28. The topological polar surface area (TPSA) is 84.3 Å². The van der Waals surface area contributed by atoms with Crippen molar-refractivity contribution in [2.75, 3.05) is 10.2 Å². The highest BCUT2D eigenvalue weighted by Crippen LogP contribution is 2.33. The highest BCUT2D eigenvalue weighted by atomic mass is 35.5. The van der Waals surface area contributed by atoms with E-state index in [9.17, 15) is 14.4 Å². The number of nitrogens with one attached hydrogen (secondary N) is 1. The molecule has 0 saturated carbocycles. The van der Waals surface area contributed by atoms with E-state index in [2.05, 4.69) is 10.3 Å². The molecule has 5 rings (SSSR count). The second-order valence-electron chi connectivity index (χ2n) is 7.89. The normalized spacial score (nSPS) is 15.8. The average molecular weight is 479 g/mol. The molecular weight excluding hydrogens is 460 g/mol. The van der Waals surface area contributed by atoms with Crippen LogP contribution in [0, 0.1) is 0 Å². The van der Waals surface area contributed by atoms with Crippen molar-refractivity contribution in [1.29, 1.82) is 0 Å². The molecule has 1 aliphatic heterocycles. The molecule has 2 aromatic heterocycles. The van der Waals surface area contributed by atoms with E-state index in [1.54, 1.807) is 35.2 Å². The van der Waals surface area contributed by atoms with Gasteiger partial charge in [0.15, 0.2) is 0 Å². The van der Waals surface area contributed by atoms with Crippen molar-refractivity contribution in [2.24, 2.45) is 0 Å². The summed E-state index contributed by atoms with van der Waals surface area (Å²) in [5, 5.41) is 3.48. The van der Waals surface area contributed by atoms with Crippen LogP contribution in [0.5, 0.6) is 0 Å². The fourth-order valence-corrected chi connectivity index (χ4v) is 5.20. The zero-order chi connectivity index (χ0) is 23.1. The Morgan fingerprint density at radius 2 is 1.94 bits per heavy atom. The van der Waals surface area contributed by atoms with Crippen LogP contribution in [-0.4, -0.2) is 27.4 Å². The maximum Gasteiger partial charge on any atom is 0.271 e. The number of benzene rings is 2. The van der Waals surface area contributed by atoms with Crippen molar-refractivity contribution in [3.8, 4) is 10.4 Å². The molecule has 1 aliphatic rings. The average Bonchev–Trinajstić information content (AvgIpc) is 3.17. The Morgan fingerprint density at radius 3 is 2.73 bits per heavy atom. The van der Waals surface area contributed by atoms with Gasteiger partial charge in [0.25, 0.3) is 5.56 Å². The SMILES string of the molecule is CC1CC(=O)Nc2ccccc2N1C(=O)Cn1cnc2cc(-c3ccc(Cl)cc3)sc2c1=O. The maximum atomic E-state index is 13.3. The molecule has 7 nitrogen and oxygen atoms in total. The zero-order valence-corrected chi connectivity index (χ0v) is 19.2. The molecule has 1 unspecified atom stereocenters. The largest absolute Gasteiger partial charge is 0.324 e. The van der Waals surface area contributed by atoms with Gasteiger partial charge in [-0.2, -0.15) is 0 Å². The predicted octanol–water partition coefficient (Wildman–Crippen LogP) is 4.54. The van der Waals surface area contributed by atoms with Crippen molar-refractivity contribution in [2.45, 2.75) is 25.9 Å². The number of halogens is 1. The van der Waals surface area contributed by atoms with Crippen LogP contribution in [0.1, 0.15) is 13.3 Å². The van der Waals surface area contributed by atoms with Gasteiger partial charge in [-0.05, 0) is 42.8 Å². The standard InChI is InChI=1S/C24H19ClN4O3S/c1-14-10-21(30)27-17-4-2-3-5-19(17)29(14)22(31)12-28-13-26-18-11-20(33-23(18)24(28)32)15-6-8-16(25)9-7-15/h2-9,11,13-14H,10,12H2,1H3,(H,27,30). The number of carbonyl (C=O) groups excluding carboxylic acids is 2. The number of rotatable bonds is 3. The smallest absolute Gasteiger partial charge is 0.271 e. The summed E-state index contributed by atoms with van der Waals surface area (Å²) >= 11 is 7.31. The Kier molecular flexibility index (Phi) is 5.47. The fraction of sp³-hybridized carbons (Fsp3) is 0.167. The first-order valence-corrected chi connectivity index (χ1v) is 11.6. The second kappa shape index (κ2) is 8.46. The van der Waals surface area contributed by atoms with Gasteiger partial charge in [0.05, 0.1) is 23.2 Å². The van der Waals surface area contributed by atoms with Crippen molar-refractivity contribution < 1.29 is 9.59 Å². The van der Waals surface area contributed by atoms with Gasteiger partial charge in [0, 0.05) is 22.4 Å². The van der Waals surface area contributed by atoms with E-state index in [0.29, 0.717) is 26.6 Å². The van der Waals surface area contributed by atoms with E-state index in [1.807, 2.05) is 31.2 Å². The van der Waals surface area contributed by atoms with Gasteiger partial charge in [-0.15, -0.1) is 11.3 Å². The summed E-state index contributed by atoms with van der Waals surface area (Å²) in [5.41, 5.74) is 2.44. The third-order valence-electron chi connectivity index (χ3n) is 5.57. The summed E-state index contributed by atoms with van der Waals surface area (Å²) < 4.78 is 1.80. The molecule has 0 bridgehead atoms. The number of fused-ring (bicyclic) bond motifs is 2. The number of hydrogen-bond acceptors (Lipinski definition) is 5. The molecule has 1 N–H and O–H groups in total. The Bertz CT molecular complexity index is 1440. The van der Waals surface area contributed by atoms with E-state index in [4.69, 9.17) is 11.6 Å². The zero-order valence-electron chi connectivity index (χ0n) is 17.6. The molecule has 4 aromatic rings. The van der Waals surface area contributed by atoms with Gasteiger partial charge < -0.3 is 10.2 Å². The molecule has 2 amide bonds. The van der Waals surface area contributed by atoms with Crippen LogP contribution in [0.3, 0.4) is 0 Å². The van der Waals surface area contributed by atoms with Crippen LogP contribution in [0.4, 0.5) is 11.4 Å². The van der Waals surface area contributed by atoms with Crippen LogP contribution in [-0.2, 0) is 16.1 Å². The van der Waals surface area contributed by atoms with Crippen molar-refractivity contribution >= 4 is 56.3 Å². The number of para-hydroxylation sites is 2. The van der Waals surface area contributed by atoms with E-state index >= 15 is 0 Å². The van der Waals surface area contributed by atoms with Gasteiger partial charge in [0.1, 0.15) is 11.2 Å². The molecule has 1 atom stereocenters. The van der Waals surface area contributed by atoms with Crippen molar-refractivity contribution in [3.63, 3.8) is 0 Å². The number of hydrogen-bond donors (Lipinski definition) is 1. The Hall–Kier alpha value is -3.49. The maximum absolute atomic E-state index is 13.3. The van der Waals surface area contributed by atoms with Gasteiger partial charge >= 0.3 is 0 Å². The first kappa shape index (κ1) is 21.4. The minimum atomic E-state index is -0.355. The number of carbonyl (C=O) groups is 2. The van der Waals surface area contributed by atoms with Crippen LogP contribution >= 0.6 is 22.9 Å². The summed E-state index contributed by atoms with van der Waals surface area (Å²) in [6.07, 6.45) is 1.57. The van der Waals surface area contributed by atoms with Gasteiger partial charge in [-0.1, -0.05) is 35.9 Å². The van der Waals surface area contributed by atoms with E-state index in [1.165, 1.54) is 22.2 Å². The van der Waals surface area contributed by atoms with Gasteiger partial charge in [0.2, 0.25) is 11.8 Å². The van der Waals surface area contributed by atoms with Crippen molar-refractivity contribution in [3.05, 3.63) is 76.3 Å². The third kappa shape index (κ3) is 4.03. The quantitative estimate of drug-likeness (QED) is 0.468. The molecule has 33 heavy (non-hydrogen) atoms. The highest BCUT2D eigenvalue weighted by Gasteiger charge is 2.29. The summed E-state index contributed by atoms with van der Waals surface area (Å²) in [6.45, 7) is 1.64. The molecular formula is C24H19ClN4O3S. The van der Waals surface area contributed by atoms with Crippen molar-refractivity contribution in [1.82, 2.24) is 9.55 Å².